The van der Waals surface area contributed by atoms with Crippen LogP contribution in [-0.2, 0) is 0 Å². The second-order valence-electron chi connectivity index (χ2n) is 7.26. The molecule has 0 heterocycles. The average molecular weight is 234 g/mol. The zero-order valence-electron chi connectivity index (χ0n) is 11.4. The number of hydrogen-bond acceptors (Lipinski definition) is 1. The van der Waals surface area contributed by atoms with Crippen LogP contribution in [0.1, 0.15) is 65.2 Å². The highest BCUT2D eigenvalue weighted by molar-refractivity contribution is 5.31. The van der Waals surface area contributed by atoms with E-state index in [9.17, 15) is 5.11 Å². The van der Waals surface area contributed by atoms with E-state index in [0.29, 0.717) is 5.92 Å². The Morgan fingerprint density at radius 1 is 1.12 bits per heavy atom. The predicted octanol–water partition coefficient (Wildman–Crippen LogP) is 4.06. The third-order valence-corrected chi connectivity index (χ3v) is 6.58. The van der Waals surface area contributed by atoms with Gasteiger partial charge in [-0.2, -0.15) is 0 Å². The third-order valence-electron chi connectivity index (χ3n) is 6.58. The summed E-state index contributed by atoms with van der Waals surface area (Å²) in [7, 11) is 0. The molecule has 0 amide bonds. The molecule has 3 aliphatic carbocycles. The first-order valence-corrected chi connectivity index (χ1v) is 7.35. The molecule has 1 N–H and O–H groups in total. The Balaban J connectivity index is 2.02. The second kappa shape index (κ2) is 3.38. The lowest BCUT2D eigenvalue weighted by atomic mass is 9.53. The molecule has 17 heavy (non-hydrogen) atoms. The van der Waals surface area contributed by atoms with Crippen molar-refractivity contribution in [2.24, 2.45) is 16.7 Å². The SMILES string of the molecule is C=C1C2CCC(C3(O)CCCCC3)(C2)C1(C)C. The maximum absolute atomic E-state index is 11.3. The molecule has 2 atom stereocenters. The number of allylic oxidation sites excluding steroid dienone is 1. The smallest absolute Gasteiger partial charge is 0.0712 e. The van der Waals surface area contributed by atoms with E-state index in [1.165, 1.54) is 44.1 Å². The highest BCUT2D eigenvalue weighted by Crippen LogP contribution is 2.72. The Kier molecular flexibility index (Phi) is 2.34. The highest BCUT2D eigenvalue weighted by Gasteiger charge is 2.67. The van der Waals surface area contributed by atoms with Crippen LogP contribution < -0.4 is 0 Å². The number of aliphatic hydroxyl groups is 1. The van der Waals surface area contributed by atoms with Gasteiger partial charge in [-0.1, -0.05) is 45.3 Å². The number of hydrogen-bond donors (Lipinski definition) is 1. The molecular weight excluding hydrogens is 208 g/mol. The predicted molar refractivity (Wildman–Crippen MR) is 70.7 cm³/mol. The summed E-state index contributed by atoms with van der Waals surface area (Å²) < 4.78 is 0. The number of rotatable bonds is 1. The van der Waals surface area contributed by atoms with Crippen LogP contribution >= 0.6 is 0 Å². The van der Waals surface area contributed by atoms with Gasteiger partial charge in [0.05, 0.1) is 5.60 Å². The molecule has 1 nitrogen and oxygen atoms in total. The van der Waals surface area contributed by atoms with Crippen molar-refractivity contribution < 1.29 is 5.11 Å². The van der Waals surface area contributed by atoms with Crippen LogP contribution in [0.3, 0.4) is 0 Å². The fraction of sp³-hybridized carbons (Fsp3) is 0.875. The van der Waals surface area contributed by atoms with E-state index in [1.54, 1.807) is 0 Å². The van der Waals surface area contributed by atoms with E-state index < -0.39 is 5.60 Å². The van der Waals surface area contributed by atoms with Crippen LogP contribution in [0.2, 0.25) is 0 Å². The summed E-state index contributed by atoms with van der Waals surface area (Å²) >= 11 is 0. The molecular formula is C16H26O. The van der Waals surface area contributed by atoms with Crippen molar-refractivity contribution in [1.82, 2.24) is 0 Å². The topological polar surface area (TPSA) is 20.2 Å². The van der Waals surface area contributed by atoms with Gasteiger partial charge in [-0.25, -0.2) is 0 Å². The van der Waals surface area contributed by atoms with Gasteiger partial charge in [-0.05, 0) is 43.4 Å². The first-order valence-electron chi connectivity index (χ1n) is 7.35. The third kappa shape index (κ3) is 1.24. The quantitative estimate of drug-likeness (QED) is 0.678. The summed E-state index contributed by atoms with van der Waals surface area (Å²) in [5, 5.41) is 11.3. The monoisotopic (exact) mass is 234 g/mol. The molecule has 2 bridgehead atoms. The minimum absolute atomic E-state index is 0.141. The van der Waals surface area contributed by atoms with Gasteiger partial charge in [0.2, 0.25) is 0 Å². The molecule has 0 aromatic heterocycles. The van der Waals surface area contributed by atoms with Crippen LogP contribution in [0.25, 0.3) is 0 Å². The van der Waals surface area contributed by atoms with Crippen molar-refractivity contribution in [3.8, 4) is 0 Å². The van der Waals surface area contributed by atoms with Crippen molar-refractivity contribution in [3.63, 3.8) is 0 Å². The lowest BCUT2D eigenvalue weighted by molar-refractivity contribution is -0.144. The van der Waals surface area contributed by atoms with Crippen LogP contribution in [0.15, 0.2) is 12.2 Å². The Morgan fingerprint density at radius 2 is 1.76 bits per heavy atom. The van der Waals surface area contributed by atoms with E-state index in [4.69, 9.17) is 0 Å². The lowest BCUT2D eigenvalue weighted by Crippen LogP contribution is -2.54. The first-order chi connectivity index (χ1) is 7.93. The summed E-state index contributed by atoms with van der Waals surface area (Å²) in [6.07, 6.45) is 9.48. The molecule has 0 radical (unpaired) electrons. The van der Waals surface area contributed by atoms with Gasteiger partial charge in [-0.15, -0.1) is 0 Å². The molecule has 2 unspecified atom stereocenters. The minimum atomic E-state index is -0.400. The molecule has 0 aliphatic heterocycles. The Bertz CT molecular complexity index is 349. The summed E-state index contributed by atoms with van der Waals surface area (Å²) in [4.78, 5) is 0. The standard InChI is InChI=1S/C16H26O/c1-12-13-7-10-15(11-13,14(12,2)3)16(17)8-5-4-6-9-16/h13,17H,1,4-11H2,2-3H3. The fourth-order valence-corrected chi connectivity index (χ4v) is 5.35. The molecule has 0 aromatic carbocycles. The van der Waals surface area contributed by atoms with E-state index in [0.717, 1.165) is 12.8 Å². The summed E-state index contributed by atoms with van der Waals surface area (Å²) in [6, 6.07) is 0. The van der Waals surface area contributed by atoms with E-state index in [2.05, 4.69) is 20.4 Å². The van der Waals surface area contributed by atoms with Gasteiger partial charge < -0.3 is 5.11 Å². The van der Waals surface area contributed by atoms with E-state index in [-0.39, 0.29) is 10.8 Å². The number of fused-ring (bicyclic) bond motifs is 2. The molecule has 3 rings (SSSR count). The van der Waals surface area contributed by atoms with Crippen molar-refractivity contribution >= 4 is 0 Å². The maximum Gasteiger partial charge on any atom is 0.0712 e. The molecule has 0 aromatic rings. The van der Waals surface area contributed by atoms with Gasteiger partial charge in [0.15, 0.2) is 0 Å². The van der Waals surface area contributed by atoms with Crippen molar-refractivity contribution in [3.05, 3.63) is 12.2 Å². The van der Waals surface area contributed by atoms with Crippen LogP contribution in [-0.4, -0.2) is 10.7 Å². The fourth-order valence-electron chi connectivity index (χ4n) is 5.35. The second-order valence-corrected chi connectivity index (χ2v) is 7.26. The highest BCUT2D eigenvalue weighted by atomic mass is 16.3. The molecule has 96 valence electrons. The van der Waals surface area contributed by atoms with Gasteiger partial charge in [0.1, 0.15) is 0 Å². The van der Waals surface area contributed by atoms with Gasteiger partial charge in [0, 0.05) is 5.41 Å². The van der Waals surface area contributed by atoms with Crippen LogP contribution in [0.4, 0.5) is 0 Å². The molecule has 3 aliphatic rings. The maximum atomic E-state index is 11.3. The first kappa shape index (κ1) is 11.8. The van der Waals surface area contributed by atoms with E-state index >= 15 is 0 Å². The largest absolute Gasteiger partial charge is 0.389 e. The molecule has 0 saturated heterocycles. The Morgan fingerprint density at radius 3 is 2.29 bits per heavy atom. The average Bonchev–Trinajstić information content (AvgIpc) is 2.81. The van der Waals surface area contributed by atoms with Gasteiger partial charge >= 0.3 is 0 Å². The van der Waals surface area contributed by atoms with Gasteiger partial charge in [-0.3, -0.25) is 0 Å². The summed E-state index contributed by atoms with van der Waals surface area (Å²) in [5.41, 5.74) is 1.30. The van der Waals surface area contributed by atoms with Crippen LogP contribution in [0.5, 0.6) is 0 Å². The Labute approximate surface area is 105 Å². The lowest BCUT2D eigenvalue weighted by Gasteiger charge is -2.54. The minimum Gasteiger partial charge on any atom is -0.389 e. The van der Waals surface area contributed by atoms with Gasteiger partial charge in [0.25, 0.3) is 0 Å². The van der Waals surface area contributed by atoms with Crippen molar-refractivity contribution in [1.29, 1.82) is 0 Å². The van der Waals surface area contributed by atoms with Crippen LogP contribution in [0, 0.1) is 16.7 Å². The zero-order valence-corrected chi connectivity index (χ0v) is 11.4. The van der Waals surface area contributed by atoms with Crippen molar-refractivity contribution in [2.75, 3.05) is 0 Å². The molecule has 1 heteroatoms. The molecule has 3 saturated carbocycles. The van der Waals surface area contributed by atoms with Crippen molar-refractivity contribution in [2.45, 2.75) is 70.8 Å². The molecule has 0 spiro atoms. The molecule has 3 fully saturated rings. The summed E-state index contributed by atoms with van der Waals surface area (Å²) in [5.74, 6) is 0.691. The van der Waals surface area contributed by atoms with E-state index in [1.807, 2.05) is 0 Å². The Hall–Kier alpha value is -0.300. The zero-order chi connectivity index (χ0) is 12.3. The summed E-state index contributed by atoms with van der Waals surface area (Å²) in [6.45, 7) is 9.02. The normalized spacial score (nSPS) is 43.0.